The molecular weight excluding hydrogens is 222 g/mol. The molecule has 1 atom stereocenters. The average Bonchev–Trinajstić information content (AvgIpc) is 2.80. The van der Waals surface area contributed by atoms with Crippen LogP contribution in [0.2, 0.25) is 0 Å². The molecule has 0 saturated heterocycles. The molecule has 2 nitrogen and oxygen atoms in total. The lowest BCUT2D eigenvalue weighted by Gasteiger charge is -2.10. The van der Waals surface area contributed by atoms with Crippen molar-refractivity contribution < 1.29 is 8.78 Å². The summed E-state index contributed by atoms with van der Waals surface area (Å²) in [4.78, 5) is 4.16. The molecule has 17 heavy (non-hydrogen) atoms. The number of unbranched alkanes of at least 4 members (excludes halogenated alkanes) is 1. The number of nitrogens with zero attached hydrogens (tertiary/aromatic N) is 2. The minimum Gasteiger partial charge on any atom is -0.335 e. The van der Waals surface area contributed by atoms with E-state index >= 15 is 0 Å². The van der Waals surface area contributed by atoms with Gasteiger partial charge in [0, 0.05) is 31.8 Å². The van der Waals surface area contributed by atoms with Crippen LogP contribution in [0.25, 0.3) is 0 Å². The van der Waals surface area contributed by atoms with Gasteiger partial charge in [-0.1, -0.05) is 12.8 Å². The van der Waals surface area contributed by atoms with E-state index in [2.05, 4.69) is 9.55 Å². The van der Waals surface area contributed by atoms with Crippen molar-refractivity contribution in [2.24, 2.45) is 5.92 Å². The number of aromatic nitrogens is 2. The van der Waals surface area contributed by atoms with Gasteiger partial charge >= 0.3 is 0 Å². The molecule has 1 fully saturated rings. The molecule has 0 bridgehead atoms. The van der Waals surface area contributed by atoms with Gasteiger partial charge in [-0.25, -0.2) is 13.8 Å². The Morgan fingerprint density at radius 2 is 2.29 bits per heavy atom. The summed E-state index contributed by atoms with van der Waals surface area (Å²) in [6, 6.07) is 0. The van der Waals surface area contributed by atoms with E-state index < -0.39 is 5.92 Å². The molecule has 1 aromatic rings. The van der Waals surface area contributed by atoms with Crippen LogP contribution in [-0.2, 0) is 6.54 Å². The van der Waals surface area contributed by atoms with Crippen LogP contribution in [0.15, 0.2) is 12.4 Å². The number of halogens is 2. The molecule has 1 aliphatic rings. The summed E-state index contributed by atoms with van der Waals surface area (Å²) >= 11 is 0. The third-order valence-electron chi connectivity index (χ3n) is 3.69. The van der Waals surface area contributed by atoms with E-state index in [4.69, 9.17) is 0 Å². The molecule has 0 aliphatic heterocycles. The highest BCUT2D eigenvalue weighted by Crippen LogP contribution is 2.40. The van der Waals surface area contributed by atoms with Crippen molar-refractivity contribution in [1.82, 2.24) is 9.55 Å². The molecule has 0 spiro atoms. The zero-order valence-corrected chi connectivity index (χ0v) is 10.3. The second-order valence-electron chi connectivity index (χ2n) is 5.13. The van der Waals surface area contributed by atoms with Gasteiger partial charge in [-0.05, 0) is 25.7 Å². The van der Waals surface area contributed by atoms with E-state index in [9.17, 15) is 8.78 Å². The van der Waals surface area contributed by atoms with Crippen molar-refractivity contribution in [3.8, 4) is 0 Å². The Morgan fingerprint density at radius 3 is 2.88 bits per heavy atom. The highest BCUT2D eigenvalue weighted by molar-refractivity contribution is 4.88. The third kappa shape index (κ3) is 3.51. The smallest absolute Gasteiger partial charge is 0.248 e. The zero-order valence-electron chi connectivity index (χ0n) is 10.3. The van der Waals surface area contributed by atoms with Gasteiger partial charge in [0.15, 0.2) is 0 Å². The van der Waals surface area contributed by atoms with Crippen LogP contribution >= 0.6 is 0 Å². The van der Waals surface area contributed by atoms with Crippen LogP contribution in [0, 0.1) is 12.8 Å². The zero-order chi connectivity index (χ0) is 12.3. The molecule has 0 radical (unpaired) electrons. The van der Waals surface area contributed by atoms with Gasteiger partial charge in [0.05, 0.1) is 0 Å². The number of imidazole rings is 1. The molecule has 1 saturated carbocycles. The second kappa shape index (κ2) is 5.15. The highest BCUT2D eigenvalue weighted by Gasteiger charge is 2.38. The van der Waals surface area contributed by atoms with Gasteiger partial charge in [0.25, 0.3) is 0 Å². The van der Waals surface area contributed by atoms with Crippen molar-refractivity contribution in [3.63, 3.8) is 0 Å². The topological polar surface area (TPSA) is 17.8 Å². The van der Waals surface area contributed by atoms with Crippen LogP contribution in [0.4, 0.5) is 8.78 Å². The largest absolute Gasteiger partial charge is 0.335 e. The van der Waals surface area contributed by atoms with Crippen LogP contribution in [-0.4, -0.2) is 15.5 Å². The van der Waals surface area contributed by atoms with Crippen molar-refractivity contribution in [2.75, 3.05) is 0 Å². The second-order valence-corrected chi connectivity index (χ2v) is 5.13. The lowest BCUT2D eigenvalue weighted by atomic mass is 10.0. The molecule has 1 aliphatic carbocycles. The molecule has 0 amide bonds. The minimum atomic E-state index is -2.38. The molecule has 0 unspecified atom stereocenters. The van der Waals surface area contributed by atoms with Gasteiger partial charge in [-0.3, -0.25) is 0 Å². The fourth-order valence-electron chi connectivity index (χ4n) is 2.64. The Labute approximate surface area is 101 Å². The number of rotatable bonds is 5. The van der Waals surface area contributed by atoms with E-state index in [1.165, 1.54) is 0 Å². The standard InChI is InChI=1S/C13H20F2N2/c1-11-16-7-9-17(11)8-3-2-4-12-5-6-13(14,15)10-12/h7,9,12H,2-6,8,10H2,1H3/t12-/m1/s1. The number of hydrogen-bond donors (Lipinski definition) is 0. The Balaban J connectivity index is 1.63. The highest BCUT2D eigenvalue weighted by atomic mass is 19.3. The molecule has 0 N–H and O–H groups in total. The summed E-state index contributed by atoms with van der Waals surface area (Å²) in [6.45, 7) is 2.94. The first-order valence-electron chi connectivity index (χ1n) is 6.42. The SMILES string of the molecule is Cc1nccn1CCCC[C@@H]1CCC(F)(F)C1. The Bertz CT molecular complexity index is 360. The van der Waals surface area contributed by atoms with Gasteiger partial charge in [0.2, 0.25) is 5.92 Å². The van der Waals surface area contributed by atoms with E-state index in [-0.39, 0.29) is 18.8 Å². The van der Waals surface area contributed by atoms with Crippen LogP contribution in [0.5, 0.6) is 0 Å². The normalized spacial score (nSPS) is 23.1. The van der Waals surface area contributed by atoms with Gasteiger partial charge in [-0.15, -0.1) is 0 Å². The maximum absolute atomic E-state index is 13.0. The number of aryl methyl sites for hydroxylation is 2. The molecule has 4 heteroatoms. The van der Waals surface area contributed by atoms with Gasteiger partial charge in [-0.2, -0.15) is 0 Å². The minimum absolute atomic E-state index is 0.0955. The third-order valence-corrected chi connectivity index (χ3v) is 3.69. The van der Waals surface area contributed by atoms with E-state index in [0.717, 1.165) is 31.6 Å². The molecule has 1 heterocycles. The fraction of sp³-hybridized carbons (Fsp3) is 0.769. The van der Waals surface area contributed by atoms with Crippen LogP contribution < -0.4 is 0 Å². The van der Waals surface area contributed by atoms with E-state index in [1.807, 2.05) is 13.1 Å². The summed E-state index contributed by atoms with van der Waals surface area (Å²) in [5.74, 6) is -1.11. The quantitative estimate of drug-likeness (QED) is 0.718. The summed E-state index contributed by atoms with van der Waals surface area (Å²) in [7, 11) is 0. The van der Waals surface area contributed by atoms with Crippen molar-refractivity contribution >= 4 is 0 Å². The van der Waals surface area contributed by atoms with Gasteiger partial charge < -0.3 is 4.57 Å². The summed E-state index contributed by atoms with van der Waals surface area (Å²) in [5, 5.41) is 0. The predicted octanol–water partition coefficient (Wildman–Crippen LogP) is 3.80. The first-order valence-corrected chi connectivity index (χ1v) is 6.42. The first-order chi connectivity index (χ1) is 8.07. The fourth-order valence-corrected chi connectivity index (χ4v) is 2.64. The lowest BCUT2D eigenvalue weighted by Crippen LogP contribution is -2.09. The molecule has 96 valence electrons. The number of hydrogen-bond acceptors (Lipinski definition) is 1. The summed E-state index contributed by atoms with van der Waals surface area (Å²) in [6.07, 6.45) is 7.72. The Hall–Kier alpha value is -0.930. The van der Waals surface area contributed by atoms with Crippen LogP contribution in [0.3, 0.4) is 0 Å². The first kappa shape index (κ1) is 12.5. The lowest BCUT2D eigenvalue weighted by molar-refractivity contribution is 0.00462. The molecule has 1 aromatic heterocycles. The van der Waals surface area contributed by atoms with Crippen LogP contribution in [0.1, 0.15) is 44.3 Å². The molecule has 2 rings (SSSR count). The maximum atomic E-state index is 13.0. The number of alkyl halides is 2. The van der Waals surface area contributed by atoms with E-state index in [0.29, 0.717) is 6.42 Å². The Morgan fingerprint density at radius 1 is 1.47 bits per heavy atom. The van der Waals surface area contributed by atoms with Crippen molar-refractivity contribution in [2.45, 2.75) is 57.9 Å². The average molecular weight is 242 g/mol. The van der Waals surface area contributed by atoms with Gasteiger partial charge in [0.1, 0.15) is 5.82 Å². The van der Waals surface area contributed by atoms with Crippen molar-refractivity contribution in [1.29, 1.82) is 0 Å². The summed E-state index contributed by atoms with van der Waals surface area (Å²) in [5.41, 5.74) is 0. The Kier molecular flexibility index (Phi) is 3.79. The molecule has 0 aromatic carbocycles. The maximum Gasteiger partial charge on any atom is 0.248 e. The van der Waals surface area contributed by atoms with E-state index in [1.54, 1.807) is 6.20 Å². The predicted molar refractivity (Wildman–Crippen MR) is 63.1 cm³/mol. The summed E-state index contributed by atoms with van der Waals surface area (Å²) < 4.78 is 28.0. The molecular formula is C13H20F2N2. The van der Waals surface area contributed by atoms with Crippen molar-refractivity contribution in [3.05, 3.63) is 18.2 Å². The monoisotopic (exact) mass is 242 g/mol.